The largest absolute Gasteiger partial charge is 0.497 e. The Morgan fingerprint density at radius 3 is 1.97 bits per heavy atom. The fourth-order valence-electron chi connectivity index (χ4n) is 2.82. The van der Waals surface area contributed by atoms with E-state index in [9.17, 15) is 4.79 Å². The molecule has 158 valence electrons. The number of methoxy groups -OCH3 is 4. The molecule has 0 atom stereocenters. The third-order valence-electron chi connectivity index (χ3n) is 4.53. The maximum absolute atomic E-state index is 12.4. The molecule has 0 fully saturated rings. The van der Waals surface area contributed by atoms with Gasteiger partial charge in [-0.15, -0.1) is 0 Å². The fourth-order valence-corrected chi connectivity index (χ4v) is 2.82. The summed E-state index contributed by atoms with van der Waals surface area (Å²) >= 11 is 0. The van der Waals surface area contributed by atoms with Crippen molar-refractivity contribution in [2.45, 2.75) is 12.8 Å². The molecular weight excluding hydrogens is 374 g/mol. The SMILES string of the molecule is COc1ccc(OCCN(C)C(=O)CCc2cc(OC)c(OC)c(OC)c2)cc1. The molecule has 0 bridgehead atoms. The van der Waals surface area contributed by atoms with Crippen molar-refractivity contribution in [3.63, 3.8) is 0 Å². The van der Waals surface area contributed by atoms with Gasteiger partial charge in [-0.1, -0.05) is 0 Å². The smallest absolute Gasteiger partial charge is 0.222 e. The van der Waals surface area contributed by atoms with Crippen molar-refractivity contribution in [1.82, 2.24) is 4.90 Å². The molecule has 0 spiro atoms. The van der Waals surface area contributed by atoms with Crippen molar-refractivity contribution in [1.29, 1.82) is 0 Å². The van der Waals surface area contributed by atoms with E-state index >= 15 is 0 Å². The number of likely N-dealkylation sites (N-methyl/N-ethyl adjacent to an activating group) is 1. The van der Waals surface area contributed by atoms with E-state index < -0.39 is 0 Å². The van der Waals surface area contributed by atoms with Crippen LogP contribution in [0, 0.1) is 0 Å². The van der Waals surface area contributed by atoms with Gasteiger partial charge in [-0.25, -0.2) is 0 Å². The van der Waals surface area contributed by atoms with Gasteiger partial charge in [-0.2, -0.15) is 0 Å². The van der Waals surface area contributed by atoms with Crippen LogP contribution in [0.4, 0.5) is 0 Å². The van der Waals surface area contributed by atoms with Crippen LogP contribution < -0.4 is 23.7 Å². The summed E-state index contributed by atoms with van der Waals surface area (Å²) in [6.45, 7) is 0.916. The number of amides is 1. The molecule has 0 unspecified atom stereocenters. The number of hydrogen-bond acceptors (Lipinski definition) is 6. The Bertz CT molecular complexity index is 765. The zero-order chi connectivity index (χ0) is 21.2. The molecule has 1 amide bonds. The van der Waals surface area contributed by atoms with Crippen LogP contribution in [0.25, 0.3) is 0 Å². The number of hydrogen-bond donors (Lipinski definition) is 0. The van der Waals surface area contributed by atoms with Crippen molar-refractivity contribution in [3.05, 3.63) is 42.0 Å². The Morgan fingerprint density at radius 1 is 0.862 bits per heavy atom. The first-order valence-electron chi connectivity index (χ1n) is 9.32. The van der Waals surface area contributed by atoms with E-state index in [1.54, 1.807) is 40.4 Å². The van der Waals surface area contributed by atoms with Crippen LogP contribution in [0.3, 0.4) is 0 Å². The Kier molecular flexibility index (Phi) is 8.45. The standard InChI is InChI=1S/C22H29NO6/c1-23(12-13-29-18-9-7-17(25-2)8-10-18)21(24)11-6-16-14-19(26-3)22(28-5)20(15-16)27-4/h7-10,14-15H,6,11-13H2,1-5H3. The lowest BCUT2D eigenvalue weighted by Gasteiger charge is -2.18. The second-order valence-corrected chi connectivity index (χ2v) is 6.37. The molecule has 2 rings (SSSR count). The molecule has 0 N–H and O–H groups in total. The van der Waals surface area contributed by atoms with E-state index in [4.69, 9.17) is 23.7 Å². The van der Waals surface area contributed by atoms with Gasteiger partial charge in [0, 0.05) is 13.5 Å². The molecule has 7 heteroatoms. The summed E-state index contributed by atoms with van der Waals surface area (Å²) in [6, 6.07) is 11.1. The molecule has 7 nitrogen and oxygen atoms in total. The molecule has 2 aromatic rings. The van der Waals surface area contributed by atoms with Crippen molar-refractivity contribution >= 4 is 5.91 Å². The number of benzene rings is 2. The van der Waals surface area contributed by atoms with Crippen LogP contribution in [-0.2, 0) is 11.2 Å². The maximum atomic E-state index is 12.4. The van der Waals surface area contributed by atoms with Gasteiger partial charge < -0.3 is 28.6 Å². The highest BCUT2D eigenvalue weighted by Crippen LogP contribution is 2.38. The monoisotopic (exact) mass is 403 g/mol. The molecule has 0 aliphatic carbocycles. The number of aryl methyl sites for hydroxylation is 1. The summed E-state index contributed by atoms with van der Waals surface area (Å²) in [5.74, 6) is 3.25. The van der Waals surface area contributed by atoms with E-state index in [-0.39, 0.29) is 5.91 Å². The average molecular weight is 403 g/mol. The van der Waals surface area contributed by atoms with Crippen LogP contribution in [0.15, 0.2) is 36.4 Å². The first kappa shape index (κ1) is 22.2. The molecule has 0 aromatic heterocycles. The first-order chi connectivity index (χ1) is 14.0. The van der Waals surface area contributed by atoms with Gasteiger partial charge in [0.1, 0.15) is 18.1 Å². The highest BCUT2D eigenvalue weighted by atomic mass is 16.5. The molecule has 0 aliphatic rings. The van der Waals surface area contributed by atoms with Crippen LogP contribution in [0.1, 0.15) is 12.0 Å². The summed E-state index contributed by atoms with van der Waals surface area (Å²) in [7, 11) is 8.10. The van der Waals surface area contributed by atoms with Gasteiger partial charge >= 0.3 is 0 Å². The predicted octanol–water partition coefficient (Wildman–Crippen LogP) is 3.19. The third-order valence-corrected chi connectivity index (χ3v) is 4.53. The summed E-state index contributed by atoms with van der Waals surface area (Å²) in [5.41, 5.74) is 0.940. The molecule has 29 heavy (non-hydrogen) atoms. The lowest BCUT2D eigenvalue weighted by Crippen LogP contribution is -2.31. The summed E-state index contributed by atoms with van der Waals surface area (Å²) in [6.07, 6.45) is 0.941. The molecule has 0 heterocycles. The van der Waals surface area contributed by atoms with Crippen LogP contribution in [0.2, 0.25) is 0 Å². The van der Waals surface area contributed by atoms with Crippen molar-refractivity contribution < 1.29 is 28.5 Å². The summed E-state index contributed by atoms with van der Waals surface area (Å²) in [4.78, 5) is 14.1. The van der Waals surface area contributed by atoms with Crippen LogP contribution in [-0.4, -0.2) is 59.4 Å². The Morgan fingerprint density at radius 2 is 1.45 bits per heavy atom. The molecule has 0 radical (unpaired) electrons. The topological polar surface area (TPSA) is 66.5 Å². The molecule has 2 aromatic carbocycles. The normalized spacial score (nSPS) is 10.2. The van der Waals surface area contributed by atoms with Gasteiger partial charge in [0.05, 0.1) is 35.0 Å². The molecular formula is C22H29NO6. The predicted molar refractivity (Wildman–Crippen MR) is 111 cm³/mol. The lowest BCUT2D eigenvalue weighted by molar-refractivity contribution is -0.130. The highest BCUT2D eigenvalue weighted by molar-refractivity contribution is 5.76. The van der Waals surface area contributed by atoms with Crippen molar-refractivity contribution in [2.24, 2.45) is 0 Å². The summed E-state index contributed by atoms with van der Waals surface area (Å²) < 4.78 is 26.8. The second kappa shape index (κ2) is 11.0. The van der Waals surface area contributed by atoms with Gasteiger partial charge in [0.15, 0.2) is 11.5 Å². The second-order valence-electron chi connectivity index (χ2n) is 6.37. The maximum Gasteiger partial charge on any atom is 0.222 e. The minimum Gasteiger partial charge on any atom is -0.497 e. The molecule has 0 aliphatic heterocycles. The minimum atomic E-state index is 0.0390. The number of carbonyl (C=O) groups is 1. The summed E-state index contributed by atoms with van der Waals surface area (Å²) in [5, 5.41) is 0. The highest BCUT2D eigenvalue weighted by Gasteiger charge is 2.15. The van der Waals surface area contributed by atoms with E-state index in [0.29, 0.717) is 43.2 Å². The number of rotatable bonds is 11. The number of ether oxygens (including phenoxy) is 5. The average Bonchev–Trinajstić information content (AvgIpc) is 2.76. The quantitative estimate of drug-likeness (QED) is 0.574. The Balaban J connectivity index is 1.84. The van der Waals surface area contributed by atoms with E-state index in [0.717, 1.165) is 17.1 Å². The number of carbonyl (C=O) groups excluding carboxylic acids is 1. The Hall–Kier alpha value is -3.09. The van der Waals surface area contributed by atoms with Crippen molar-refractivity contribution in [3.8, 4) is 28.7 Å². The van der Waals surface area contributed by atoms with Crippen LogP contribution in [0.5, 0.6) is 28.7 Å². The van der Waals surface area contributed by atoms with E-state index in [2.05, 4.69) is 0 Å². The van der Waals surface area contributed by atoms with Crippen LogP contribution >= 0.6 is 0 Å². The van der Waals surface area contributed by atoms with Gasteiger partial charge in [0.2, 0.25) is 11.7 Å². The number of nitrogens with zero attached hydrogens (tertiary/aromatic N) is 1. The third kappa shape index (κ3) is 6.20. The van der Waals surface area contributed by atoms with E-state index in [1.165, 1.54) is 0 Å². The van der Waals surface area contributed by atoms with Gasteiger partial charge in [0.25, 0.3) is 0 Å². The zero-order valence-electron chi connectivity index (χ0n) is 17.7. The first-order valence-corrected chi connectivity index (χ1v) is 9.32. The lowest BCUT2D eigenvalue weighted by atomic mass is 10.1. The molecule has 0 saturated heterocycles. The Labute approximate surface area is 172 Å². The van der Waals surface area contributed by atoms with Gasteiger partial charge in [-0.3, -0.25) is 4.79 Å². The molecule has 0 saturated carbocycles. The minimum absolute atomic E-state index is 0.0390. The van der Waals surface area contributed by atoms with E-state index in [1.807, 2.05) is 36.4 Å². The van der Waals surface area contributed by atoms with Gasteiger partial charge in [-0.05, 0) is 48.4 Å². The van der Waals surface area contributed by atoms with Crippen molar-refractivity contribution in [2.75, 3.05) is 48.6 Å². The zero-order valence-corrected chi connectivity index (χ0v) is 17.7. The fraction of sp³-hybridized carbons (Fsp3) is 0.409.